The van der Waals surface area contributed by atoms with Gasteiger partial charge in [-0.3, -0.25) is 0 Å². The summed E-state index contributed by atoms with van der Waals surface area (Å²) in [5, 5.41) is 0. The van der Waals surface area contributed by atoms with Crippen molar-refractivity contribution in [1.82, 2.24) is 0 Å². The van der Waals surface area contributed by atoms with Crippen molar-refractivity contribution in [2.24, 2.45) is 0 Å². The van der Waals surface area contributed by atoms with E-state index in [2.05, 4.69) is 6.58 Å². The van der Waals surface area contributed by atoms with Gasteiger partial charge in [-0.1, -0.05) is 24.8 Å². The molecule has 0 aliphatic carbocycles. The van der Waals surface area contributed by atoms with Crippen LogP contribution in [0.5, 0.6) is 0 Å². The van der Waals surface area contributed by atoms with E-state index in [1.807, 2.05) is 31.4 Å². The summed E-state index contributed by atoms with van der Waals surface area (Å²) in [4.78, 5) is 11.8. The molecule has 1 rings (SSSR count). The van der Waals surface area contributed by atoms with E-state index in [0.29, 0.717) is 5.56 Å². The number of hydrogen-bond donors (Lipinski definition) is 0. The molecule has 0 heterocycles. The number of hydrogen-bond acceptors (Lipinski definition) is 3. The van der Waals surface area contributed by atoms with Gasteiger partial charge in [0.15, 0.2) is 0 Å². The Labute approximate surface area is 101 Å². The summed E-state index contributed by atoms with van der Waals surface area (Å²) in [5.41, 5.74) is 2.51. The van der Waals surface area contributed by atoms with E-state index >= 15 is 0 Å². The molecule has 0 bridgehead atoms. The van der Waals surface area contributed by atoms with Crippen LogP contribution >= 0.6 is 11.8 Å². The van der Waals surface area contributed by atoms with Crippen LogP contribution in [0.1, 0.15) is 22.8 Å². The second-order valence-electron chi connectivity index (χ2n) is 3.62. The smallest absolute Gasteiger partial charge is 0.338 e. The standard InChI is InChI=1S/C13H16O2S/c1-10(2)8-15-13(14)12-7-5-4-6-11(12)9-16-3/h4-7H,1,8-9H2,2-3H3. The highest BCUT2D eigenvalue weighted by Gasteiger charge is 2.11. The fourth-order valence-electron chi connectivity index (χ4n) is 1.27. The Morgan fingerprint density at radius 1 is 1.44 bits per heavy atom. The highest BCUT2D eigenvalue weighted by Crippen LogP contribution is 2.15. The molecule has 0 N–H and O–H groups in total. The first kappa shape index (κ1) is 12.8. The summed E-state index contributed by atoms with van der Waals surface area (Å²) in [7, 11) is 0. The van der Waals surface area contributed by atoms with Gasteiger partial charge in [0.1, 0.15) is 6.61 Å². The van der Waals surface area contributed by atoms with Crippen LogP contribution in [0.15, 0.2) is 36.4 Å². The average Bonchev–Trinajstić information content (AvgIpc) is 2.27. The molecule has 0 saturated carbocycles. The summed E-state index contributed by atoms with van der Waals surface area (Å²) >= 11 is 1.69. The van der Waals surface area contributed by atoms with Gasteiger partial charge in [-0.25, -0.2) is 4.79 Å². The van der Waals surface area contributed by atoms with Gasteiger partial charge in [-0.2, -0.15) is 11.8 Å². The predicted molar refractivity (Wildman–Crippen MR) is 68.8 cm³/mol. The fraction of sp³-hybridized carbons (Fsp3) is 0.308. The minimum atomic E-state index is -0.271. The summed E-state index contributed by atoms with van der Waals surface area (Å²) in [5.74, 6) is 0.547. The first-order valence-corrected chi connectivity index (χ1v) is 6.43. The third kappa shape index (κ3) is 3.74. The van der Waals surface area contributed by atoms with Crippen molar-refractivity contribution in [1.29, 1.82) is 0 Å². The Morgan fingerprint density at radius 2 is 2.12 bits per heavy atom. The number of benzene rings is 1. The lowest BCUT2D eigenvalue weighted by atomic mass is 10.1. The van der Waals surface area contributed by atoms with Crippen molar-refractivity contribution in [2.45, 2.75) is 12.7 Å². The van der Waals surface area contributed by atoms with E-state index in [1.54, 1.807) is 17.8 Å². The van der Waals surface area contributed by atoms with Crippen molar-refractivity contribution in [2.75, 3.05) is 12.9 Å². The molecule has 0 aromatic heterocycles. The molecule has 0 saturated heterocycles. The molecule has 2 nitrogen and oxygen atoms in total. The molecule has 1 aromatic rings. The number of ether oxygens (including phenoxy) is 1. The largest absolute Gasteiger partial charge is 0.458 e. The monoisotopic (exact) mass is 236 g/mol. The van der Waals surface area contributed by atoms with E-state index in [-0.39, 0.29) is 12.6 Å². The van der Waals surface area contributed by atoms with Crippen molar-refractivity contribution in [3.05, 3.63) is 47.5 Å². The maximum atomic E-state index is 11.8. The maximum absolute atomic E-state index is 11.8. The molecule has 3 heteroatoms. The molecular weight excluding hydrogens is 220 g/mol. The third-order valence-corrected chi connectivity index (χ3v) is 2.59. The molecule has 1 aromatic carbocycles. The van der Waals surface area contributed by atoms with Gasteiger partial charge in [-0.15, -0.1) is 0 Å². The zero-order valence-corrected chi connectivity index (χ0v) is 10.5. The highest BCUT2D eigenvalue weighted by atomic mass is 32.2. The molecule has 0 unspecified atom stereocenters. The number of thioether (sulfide) groups is 1. The van der Waals surface area contributed by atoms with Gasteiger partial charge in [0.05, 0.1) is 5.56 Å². The predicted octanol–water partition coefficient (Wildman–Crippen LogP) is 3.28. The van der Waals surface area contributed by atoms with E-state index in [9.17, 15) is 4.79 Å². The van der Waals surface area contributed by atoms with Gasteiger partial charge in [0.25, 0.3) is 0 Å². The Balaban J connectivity index is 2.77. The lowest BCUT2D eigenvalue weighted by molar-refractivity contribution is 0.0539. The summed E-state index contributed by atoms with van der Waals surface area (Å²) in [6.07, 6.45) is 2.01. The maximum Gasteiger partial charge on any atom is 0.338 e. The zero-order valence-electron chi connectivity index (χ0n) is 9.66. The van der Waals surface area contributed by atoms with Gasteiger partial charge in [-0.05, 0) is 30.4 Å². The van der Waals surface area contributed by atoms with E-state index in [0.717, 1.165) is 16.9 Å². The summed E-state index contributed by atoms with van der Waals surface area (Å²) in [6.45, 7) is 5.82. The van der Waals surface area contributed by atoms with Crippen molar-refractivity contribution >= 4 is 17.7 Å². The molecule has 0 atom stereocenters. The van der Waals surface area contributed by atoms with Gasteiger partial charge in [0.2, 0.25) is 0 Å². The molecule has 0 spiro atoms. The molecule has 0 aliphatic rings. The molecule has 0 fully saturated rings. The fourth-order valence-corrected chi connectivity index (χ4v) is 1.83. The van der Waals surface area contributed by atoms with Crippen LogP contribution in [0, 0.1) is 0 Å². The zero-order chi connectivity index (χ0) is 12.0. The molecule has 0 aliphatic heterocycles. The van der Waals surface area contributed by atoms with Crippen LogP contribution in [0.2, 0.25) is 0 Å². The highest BCUT2D eigenvalue weighted by molar-refractivity contribution is 7.97. The Kier molecular flexibility index (Phi) is 5.12. The summed E-state index contributed by atoms with van der Waals surface area (Å²) < 4.78 is 5.13. The second kappa shape index (κ2) is 6.38. The van der Waals surface area contributed by atoms with Crippen LogP contribution in [-0.2, 0) is 10.5 Å². The quantitative estimate of drug-likeness (QED) is 0.579. The van der Waals surface area contributed by atoms with Crippen molar-refractivity contribution < 1.29 is 9.53 Å². The van der Waals surface area contributed by atoms with Crippen molar-refractivity contribution in [3.63, 3.8) is 0 Å². The molecule has 86 valence electrons. The third-order valence-electron chi connectivity index (χ3n) is 1.99. The molecular formula is C13H16O2S. The lowest BCUT2D eigenvalue weighted by Crippen LogP contribution is -2.09. The minimum absolute atomic E-state index is 0.271. The van der Waals surface area contributed by atoms with E-state index in [1.165, 1.54) is 0 Å². The van der Waals surface area contributed by atoms with Gasteiger partial charge >= 0.3 is 5.97 Å². The van der Waals surface area contributed by atoms with Crippen LogP contribution < -0.4 is 0 Å². The van der Waals surface area contributed by atoms with Gasteiger partial charge < -0.3 is 4.74 Å². The van der Waals surface area contributed by atoms with Crippen LogP contribution in [-0.4, -0.2) is 18.8 Å². The summed E-state index contributed by atoms with van der Waals surface area (Å²) in [6, 6.07) is 7.53. The van der Waals surface area contributed by atoms with Gasteiger partial charge in [0, 0.05) is 5.75 Å². The number of esters is 1. The number of rotatable bonds is 5. The Morgan fingerprint density at radius 3 is 2.75 bits per heavy atom. The first-order chi connectivity index (χ1) is 7.65. The second-order valence-corrected chi connectivity index (χ2v) is 4.49. The molecule has 0 radical (unpaired) electrons. The van der Waals surface area contributed by atoms with E-state index < -0.39 is 0 Å². The van der Waals surface area contributed by atoms with Crippen LogP contribution in [0.25, 0.3) is 0 Å². The SMILES string of the molecule is C=C(C)COC(=O)c1ccccc1CSC. The molecule has 0 amide bonds. The topological polar surface area (TPSA) is 26.3 Å². The average molecular weight is 236 g/mol. The number of carbonyl (C=O) groups excluding carboxylic acids is 1. The Bertz CT molecular complexity index is 385. The lowest BCUT2D eigenvalue weighted by Gasteiger charge is -2.08. The first-order valence-electron chi connectivity index (χ1n) is 5.03. The molecule has 16 heavy (non-hydrogen) atoms. The van der Waals surface area contributed by atoms with E-state index in [4.69, 9.17) is 4.74 Å². The Hall–Kier alpha value is -1.22. The van der Waals surface area contributed by atoms with Crippen LogP contribution in [0.4, 0.5) is 0 Å². The minimum Gasteiger partial charge on any atom is -0.458 e. The van der Waals surface area contributed by atoms with Crippen LogP contribution in [0.3, 0.4) is 0 Å². The normalized spacial score (nSPS) is 9.88. The number of carbonyl (C=O) groups is 1. The van der Waals surface area contributed by atoms with Crippen molar-refractivity contribution in [3.8, 4) is 0 Å².